The Labute approximate surface area is 771 Å². The van der Waals surface area contributed by atoms with E-state index in [1.165, 1.54) is 43.7 Å². The number of imidazole rings is 1. The molecule has 40 N–H and O–H groups in total. The molecule has 1 aliphatic rings. The van der Waals surface area contributed by atoms with Crippen LogP contribution < -0.4 is 131 Å². The standard InChI is InChI=1S/C82H141N31O20/c1-9-43(6)62(111-74(128)57(36-47-38-94-40-99-47)106-65(119)49(84)17-12-28-95-79(86)87)76(130)100-44(7)64(118)105-54(33-41(2)3)71(125)110-59(39-114)77(131)113-32-16-22-60(113)75(129)104-52(20-14-30-97-81(90)91)68(122)108-56(35-46-23-25-48(116)26-24-46)72(126)107-55(34-42(4)5)70(124)109-58(37-61(85)117)73(127)103-51(19-13-29-96-80(88)89)67(121)101-50(18-10-11-27-83)66(120)102-53(21-15-31-98-82(92)93)69(123)112-63(45(8)115)78(132)133/h23-26,38,40-45,49-60,62-63,114-116H,9-22,27-37,39,83-84H2,1-8H3,(H2,85,117)(H,94,99)(H,100,130)(H,101,121)(H,102,120)(H,103,127)(H,104,129)(H,105,118)(H,106,119)(H,107,126)(H,108,122)(H,109,124)(H,110,125)(H,111,128)(H,112,123)(H,132,133)(H4,86,87,95)(H4,88,89,96)(H4,90,91,97)(H4,92,93,98)/t43-,44-,45+,49-,50-,51-,52-,53-,54-,55-,56-,57-,58-,59-,60-,62-,63-/m0/s1. The van der Waals surface area contributed by atoms with E-state index in [0.29, 0.717) is 30.5 Å². The highest BCUT2D eigenvalue weighted by atomic mass is 16.4. The van der Waals surface area contributed by atoms with E-state index in [2.05, 4.69) is 100 Å². The summed E-state index contributed by atoms with van der Waals surface area (Å²) in [6.07, 6.45) is 0.238. The van der Waals surface area contributed by atoms with Crippen LogP contribution in [0.1, 0.15) is 176 Å². The fraction of sp³-hybridized carbons (Fsp3) is 0.646. The highest BCUT2D eigenvalue weighted by Crippen LogP contribution is 2.22. The van der Waals surface area contributed by atoms with Gasteiger partial charge in [-0.1, -0.05) is 60.1 Å². The van der Waals surface area contributed by atoms with Gasteiger partial charge in [0.2, 0.25) is 88.6 Å². The number of phenolic OH excluding ortho intramolecular Hbond substituents is 1. The lowest BCUT2D eigenvalue weighted by Gasteiger charge is -2.31. The van der Waals surface area contributed by atoms with E-state index < -0.39 is 234 Å². The Hall–Kier alpha value is -13.3. The van der Waals surface area contributed by atoms with Gasteiger partial charge >= 0.3 is 5.97 Å². The maximum atomic E-state index is 15.0. The number of aromatic nitrogens is 2. The van der Waals surface area contributed by atoms with Crippen LogP contribution in [0.5, 0.6) is 5.75 Å². The van der Waals surface area contributed by atoms with E-state index in [4.69, 9.17) is 61.8 Å². The molecule has 17 atom stereocenters. The number of primary amides is 1. The lowest BCUT2D eigenvalue weighted by molar-refractivity contribution is -0.145. The number of aromatic amines is 1. The largest absolute Gasteiger partial charge is 0.508 e. The van der Waals surface area contributed by atoms with Crippen molar-refractivity contribution < 1.29 is 97.1 Å². The minimum atomic E-state index is -1.92. The van der Waals surface area contributed by atoms with Crippen molar-refractivity contribution in [1.82, 2.24) is 105 Å². The molecule has 0 unspecified atom stereocenters. The van der Waals surface area contributed by atoms with Gasteiger partial charge in [0.25, 0.3) is 0 Å². The number of carboxylic acid groups (broad SMARTS) is 1. The number of aliphatic hydroxyl groups is 2. The molecule has 2 aromatic rings. The average Bonchev–Trinajstić information content (AvgIpc) is 1.72. The summed E-state index contributed by atoms with van der Waals surface area (Å²) >= 11 is 0. The molecule has 1 saturated heterocycles. The number of phenols is 1. The number of unbranched alkanes of at least 4 members (excludes halogenated alkanes) is 1. The molecule has 1 aromatic heterocycles. The summed E-state index contributed by atoms with van der Waals surface area (Å²) in [6, 6.07) is -17.5. The first-order chi connectivity index (χ1) is 62.7. The zero-order valence-corrected chi connectivity index (χ0v) is 76.6. The van der Waals surface area contributed by atoms with Crippen molar-refractivity contribution in [2.45, 2.75) is 274 Å². The number of carbonyl (C=O) groups is 16. The number of likely N-dealkylation sites (tertiary alicyclic amines) is 1. The van der Waals surface area contributed by atoms with E-state index in [-0.39, 0.29) is 153 Å². The highest BCUT2D eigenvalue weighted by molar-refractivity contribution is 6.01. The Kier molecular flexibility index (Phi) is 50.6. The Balaban J connectivity index is 1.98. The number of guanidine groups is 4. The van der Waals surface area contributed by atoms with Gasteiger partial charge in [-0.05, 0) is 152 Å². The normalized spacial score (nSPS) is 15.9. The first kappa shape index (κ1) is 114. The van der Waals surface area contributed by atoms with Crippen LogP contribution in [0.25, 0.3) is 0 Å². The molecule has 15 amide bonds. The third kappa shape index (κ3) is 42.6. The van der Waals surface area contributed by atoms with E-state index in [0.717, 1.165) is 11.8 Å². The zero-order valence-electron chi connectivity index (χ0n) is 76.6. The number of hydrogen-bond donors (Lipinski definition) is 33. The number of aliphatic hydroxyl groups excluding tert-OH is 2. The van der Waals surface area contributed by atoms with Gasteiger partial charge in [0, 0.05) is 57.5 Å². The number of nitrogens with one attached hydrogen (secondary N) is 22. The predicted molar refractivity (Wildman–Crippen MR) is 486 cm³/mol. The minimum Gasteiger partial charge on any atom is -0.508 e. The number of carboxylic acids is 1. The number of H-pyrrole nitrogens is 1. The third-order valence-corrected chi connectivity index (χ3v) is 21.3. The van der Waals surface area contributed by atoms with Crippen molar-refractivity contribution in [2.75, 3.05) is 45.9 Å². The maximum absolute atomic E-state index is 15.0. The molecule has 0 saturated carbocycles. The molecule has 51 nitrogen and oxygen atoms in total. The Morgan fingerprint density at radius 1 is 0.481 bits per heavy atom. The van der Waals surface area contributed by atoms with Crippen LogP contribution in [-0.2, 0) is 89.6 Å². The fourth-order valence-corrected chi connectivity index (χ4v) is 14.0. The van der Waals surface area contributed by atoms with Crippen LogP contribution >= 0.6 is 0 Å². The Morgan fingerprint density at radius 2 is 0.880 bits per heavy atom. The minimum absolute atomic E-state index is 0.0104. The molecule has 133 heavy (non-hydrogen) atoms. The molecule has 1 aromatic carbocycles. The predicted octanol–water partition coefficient (Wildman–Crippen LogP) is -8.81. The van der Waals surface area contributed by atoms with Gasteiger partial charge in [-0.15, -0.1) is 0 Å². The van der Waals surface area contributed by atoms with Crippen LogP contribution in [0.3, 0.4) is 0 Å². The SMILES string of the molecule is CC[C@H](C)[C@H](NC(=O)[C@H](Cc1cnc[nH]1)NC(=O)[C@@H](N)CCCNC(=N)N)C(=O)N[C@@H](C)C(=O)N[C@@H](CC(C)C)C(=O)N[C@@H](CO)C(=O)N1CCC[C@H]1C(=O)N[C@@H](CCCNC(=N)N)C(=O)N[C@@H](Cc1ccc(O)cc1)C(=O)N[C@@H](CC(C)C)C(=O)N[C@@H](CC(N)=O)C(=O)N[C@@H](CCCNC(=N)N)C(=O)N[C@@H](CCCCN)C(=O)N[C@@H](CCCNC(=N)N)C(=O)N[C@H](C(=O)O)[C@@H](C)O. The van der Waals surface area contributed by atoms with Crippen LogP contribution in [0.2, 0.25) is 0 Å². The molecular weight excluding hydrogens is 1740 g/mol. The van der Waals surface area contributed by atoms with Crippen LogP contribution in [0.15, 0.2) is 36.8 Å². The van der Waals surface area contributed by atoms with Crippen molar-refractivity contribution in [3.05, 3.63) is 48.0 Å². The third-order valence-electron chi connectivity index (χ3n) is 21.3. The topological polar surface area (TPSA) is 868 Å². The summed E-state index contributed by atoms with van der Waals surface area (Å²) in [5.74, 6) is -19.3. The lowest BCUT2D eigenvalue weighted by Crippen LogP contribution is -2.61. The molecule has 51 heteroatoms. The fourth-order valence-electron chi connectivity index (χ4n) is 14.0. The summed E-state index contributed by atoms with van der Waals surface area (Å²) in [5, 5.41) is 115. The molecular formula is C82H141N31O20. The molecule has 0 bridgehead atoms. The Morgan fingerprint density at radius 3 is 1.32 bits per heavy atom. The van der Waals surface area contributed by atoms with E-state index >= 15 is 4.79 Å². The molecule has 1 fully saturated rings. The molecule has 2 heterocycles. The zero-order chi connectivity index (χ0) is 99.9. The maximum Gasteiger partial charge on any atom is 0.328 e. The second-order valence-corrected chi connectivity index (χ2v) is 33.6. The molecule has 1 aliphatic heterocycles. The quantitative estimate of drug-likeness (QED) is 0.0166. The van der Waals surface area contributed by atoms with Gasteiger partial charge in [0.05, 0.1) is 31.5 Å². The molecule has 3 rings (SSSR count). The lowest BCUT2D eigenvalue weighted by atomic mass is 9.97. The Bertz CT molecular complexity index is 4220. The van der Waals surface area contributed by atoms with Gasteiger partial charge < -0.3 is 161 Å². The van der Waals surface area contributed by atoms with Gasteiger partial charge in [0.15, 0.2) is 29.9 Å². The second-order valence-electron chi connectivity index (χ2n) is 33.6. The van der Waals surface area contributed by atoms with Crippen molar-refractivity contribution in [1.29, 1.82) is 21.6 Å². The van der Waals surface area contributed by atoms with Gasteiger partial charge in [-0.2, -0.15) is 0 Å². The summed E-state index contributed by atoms with van der Waals surface area (Å²) in [4.78, 5) is 234. The molecule has 0 aliphatic carbocycles. The van der Waals surface area contributed by atoms with Gasteiger partial charge in [0.1, 0.15) is 84.3 Å². The van der Waals surface area contributed by atoms with Crippen LogP contribution in [-0.4, -0.2) is 296 Å². The number of amides is 15. The van der Waals surface area contributed by atoms with E-state index in [1.54, 1.807) is 41.5 Å². The number of aromatic hydroxyl groups is 1. The molecule has 0 radical (unpaired) electrons. The van der Waals surface area contributed by atoms with Gasteiger partial charge in [-0.3, -0.25) is 93.6 Å². The van der Waals surface area contributed by atoms with Crippen molar-refractivity contribution in [3.63, 3.8) is 0 Å². The monoisotopic (exact) mass is 1880 g/mol. The second kappa shape index (κ2) is 59.2. The smallest absolute Gasteiger partial charge is 0.328 e. The molecule has 744 valence electrons. The van der Waals surface area contributed by atoms with Crippen LogP contribution in [0.4, 0.5) is 0 Å². The summed E-state index contributed by atoms with van der Waals surface area (Å²) in [7, 11) is 0. The number of nitrogens with zero attached hydrogens (tertiary/aromatic N) is 2. The number of rotatable bonds is 62. The summed E-state index contributed by atoms with van der Waals surface area (Å²) < 4.78 is 0. The number of hydrogen-bond acceptors (Lipinski definition) is 26. The number of aliphatic carboxylic acids is 1. The summed E-state index contributed by atoms with van der Waals surface area (Å²) in [6.45, 7) is 11.8. The van der Waals surface area contributed by atoms with Gasteiger partial charge in [-0.25, -0.2) is 9.78 Å². The number of benzene rings is 1. The van der Waals surface area contributed by atoms with Crippen molar-refractivity contribution >= 4 is 118 Å². The van der Waals surface area contributed by atoms with E-state index in [1.807, 2.05) is 0 Å². The highest BCUT2D eigenvalue weighted by Gasteiger charge is 2.43. The van der Waals surface area contributed by atoms with Crippen LogP contribution in [0, 0.1) is 39.4 Å². The first-order valence-corrected chi connectivity index (χ1v) is 44.3. The van der Waals surface area contributed by atoms with Crippen molar-refractivity contribution in [2.24, 2.45) is 57.9 Å². The average molecular weight is 1880 g/mol. The first-order valence-electron chi connectivity index (χ1n) is 44.3. The summed E-state index contributed by atoms with van der Waals surface area (Å²) in [5.41, 5.74) is 40.3. The number of nitrogens with two attached hydrogens (primary N) is 7. The van der Waals surface area contributed by atoms with Crippen molar-refractivity contribution in [3.8, 4) is 5.75 Å². The number of carbonyl (C=O) groups excluding carboxylic acids is 15. The molecule has 0 spiro atoms. The van der Waals surface area contributed by atoms with E-state index in [9.17, 15) is 92.3 Å².